The van der Waals surface area contributed by atoms with E-state index in [1.807, 2.05) is 42.5 Å². The van der Waals surface area contributed by atoms with E-state index in [2.05, 4.69) is 0 Å². The highest BCUT2D eigenvalue weighted by atomic mass is 19.2. The number of hydrogen-bond acceptors (Lipinski definition) is 2. The molecule has 0 spiro atoms. The standard InChI is InChI=1S/C22H24F3NO/c23-19-14-21(25)20(24)13-18(19)22(15-26)10-8-17(9-11-22)27-12-4-7-16-5-2-1-3-6-16/h1-7,13-14,17H,8-12,15,26H2/b7-4+. The van der Waals surface area contributed by atoms with Crippen LogP contribution in [0.4, 0.5) is 13.2 Å². The second-order valence-corrected chi connectivity index (χ2v) is 7.08. The van der Waals surface area contributed by atoms with Crippen molar-refractivity contribution in [2.75, 3.05) is 13.2 Å². The van der Waals surface area contributed by atoms with Gasteiger partial charge >= 0.3 is 0 Å². The van der Waals surface area contributed by atoms with Crippen molar-refractivity contribution in [2.24, 2.45) is 5.73 Å². The molecule has 1 fully saturated rings. The van der Waals surface area contributed by atoms with Crippen molar-refractivity contribution in [1.82, 2.24) is 0 Å². The van der Waals surface area contributed by atoms with Crippen molar-refractivity contribution in [2.45, 2.75) is 37.2 Å². The number of hydrogen-bond donors (Lipinski definition) is 1. The molecule has 0 aromatic heterocycles. The summed E-state index contributed by atoms with van der Waals surface area (Å²) in [7, 11) is 0. The van der Waals surface area contributed by atoms with Crippen LogP contribution in [0.25, 0.3) is 6.08 Å². The van der Waals surface area contributed by atoms with Crippen LogP contribution >= 0.6 is 0 Å². The predicted molar refractivity (Wildman–Crippen MR) is 101 cm³/mol. The van der Waals surface area contributed by atoms with Gasteiger partial charge in [0.15, 0.2) is 11.6 Å². The van der Waals surface area contributed by atoms with E-state index in [0.29, 0.717) is 38.4 Å². The summed E-state index contributed by atoms with van der Waals surface area (Å²) < 4.78 is 47.0. The molecule has 0 heterocycles. The molecule has 0 bridgehead atoms. The zero-order valence-electron chi connectivity index (χ0n) is 15.1. The minimum absolute atomic E-state index is 0.0541. The highest BCUT2D eigenvalue weighted by Gasteiger charge is 2.38. The Balaban J connectivity index is 1.58. The molecule has 2 nitrogen and oxygen atoms in total. The first-order valence-corrected chi connectivity index (χ1v) is 9.22. The number of ether oxygens (including phenoxy) is 1. The van der Waals surface area contributed by atoms with Crippen LogP contribution < -0.4 is 5.73 Å². The van der Waals surface area contributed by atoms with Crippen molar-refractivity contribution in [3.05, 3.63) is 77.1 Å². The van der Waals surface area contributed by atoms with E-state index in [9.17, 15) is 13.2 Å². The van der Waals surface area contributed by atoms with Gasteiger partial charge in [0.25, 0.3) is 0 Å². The normalized spacial score (nSPS) is 23.0. The summed E-state index contributed by atoms with van der Waals surface area (Å²) in [6.45, 7) is 0.685. The molecule has 0 amide bonds. The van der Waals surface area contributed by atoms with Crippen molar-refractivity contribution >= 4 is 6.08 Å². The van der Waals surface area contributed by atoms with Gasteiger partial charge in [-0.15, -0.1) is 0 Å². The van der Waals surface area contributed by atoms with Gasteiger partial charge in [0.2, 0.25) is 0 Å². The predicted octanol–water partition coefficient (Wildman–Crippen LogP) is 4.97. The molecule has 0 atom stereocenters. The van der Waals surface area contributed by atoms with Gasteiger partial charge in [-0.3, -0.25) is 0 Å². The van der Waals surface area contributed by atoms with E-state index in [-0.39, 0.29) is 18.2 Å². The monoisotopic (exact) mass is 375 g/mol. The Morgan fingerprint density at radius 2 is 1.67 bits per heavy atom. The minimum atomic E-state index is -1.18. The van der Waals surface area contributed by atoms with E-state index < -0.39 is 22.9 Å². The van der Waals surface area contributed by atoms with Crippen LogP contribution in [0.5, 0.6) is 0 Å². The lowest BCUT2D eigenvalue weighted by atomic mass is 9.68. The lowest BCUT2D eigenvalue weighted by Gasteiger charge is -2.40. The Morgan fingerprint density at radius 3 is 2.33 bits per heavy atom. The maximum Gasteiger partial charge on any atom is 0.161 e. The van der Waals surface area contributed by atoms with Crippen molar-refractivity contribution in [3.63, 3.8) is 0 Å². The molecule has 0 aliphatic heterocycles. The number of rotatable bonds is 6. The molecule has 2 N–H and O–H groups in total. The van der Waals surface area contributed by atoms with Gasteiger partial charge in [0.05, 0.1) is 12.7 Å². The maximum absolute atomic E-state index is 14.3. The van der Waals surface area contributed by atoms with Gasteiger partial charge in [-0.2, -0.15) is 0 Å². The van der Waals surface area contributed by atoms with Crippen LogP contribution in [-0.4, -0.2) is 19.3 Å². The maximum atomic E-state index is 14.3. The SMILES string of the molecule is NCC1(c2cc(F)c(F)cc2F)CCC(OC/C=C/c2ccccc2)CC1. The molecule has 0 saturated heterocycles. The molecular formula is C22H24F3NO. The smallest absolute Gasteiger partial charge is 0.161 e. The van der Waals surface area contributed by atoms with Gasteiger partial charge in [-0.1, -0.05) is 42.5 Å². The third kappa shape index (κ3) is 4.60. The first-order valence-electron chi connectivity index (χ1n) is 9.22. The average Bonchev–Trinajstić information content (AvgIpc) is 2.69. The largest absolute Gasteiger partial charge is 0.374 e. The molecule has 0 unspecified atom stereocenters. The second-order valence-electron chi connectivity index (χ2n) is 7.08. The summed E-state index contributed by atoms with van der Waals surface area (Å²) in [5, 5.41) is 0. The average molecular weight is 375 g/mol. The fourth-order valence-electron chi connectivity index (χ4n) is 3.76. The van der Waals surface area contributed by atoms with Crippen molar-refractivity contribution < 1.29 is 17.9 Å². The van der Waals surface area contributed by atoms with E-state index in [1.165, 1.54) is 0 Å². The van der Waals surface area contributed by atoms with Gasteiger partial charge in [-0.25, -0.2) is 13.2 Å². The highest BCUT2D eigenvalue weighted by Crippen LogP contribution is 2.41. The molecule has 27 heavy (non-hydrogen) atoms. The molecule has 1 aliphatic carbocycles. The van der Waals surface area contributed by atoms with E-state index >= 15 is 0 Å². The van der Waals surface area contributed by atoms with E-state index in [4.69, 9.17) is 10.5 Å². The van der Waals surface area contributed by atoms with Crippen LogP contribution in [0, 0.1) is 17.5 Å². The fourth-order valence-corrected chi connectivity index (χ4v) is 3.76. The quantitative estimate of drug-likeness (QED) is 0.723. The summed E-state index contributed by atoms with van der Waals surface area (Å²) in [5.41, 5.74) is 6.54. The molecule has 2 aromatic rings. The zero-order chi connectivity index (χ0) is 19.3. The zero-order valence-corrected chi connectivity index (χ0v) is 15.1. The first kappa shape index (κ1) is 19.6. The van der Waals surface area contributed by atoms with Gasteiger partial charge < -0.3 is 10.5 Å². The number of benzene rings is 2. The lowest BCUT2D eigenvalue weighted by molar-refractivity contribution is 0.0284. The molecule has 3 rings (SSSR count). The second kappa shape index (κ2) is 8.72. The van der Waals surface area contributed by atoms with E-state index in [0.717, 1.165) is 11.6 Å². The topological polar surface area (TPSA) is 35.2 Å². The van der Waals surface area contributed by atoms with Crippen LogP contribution in [0.15, 0.2) is 48.5 Å². The summed E-state index contributed by atoms with van der Waals surface area (Å²) in [6, 6.07) is 11.5. The molecule has 1 aliphatic rings. The van der Waals surface area contributed by atoms with Gasteiger partial charge in [-0.05, 0) is 42.9 Å². The van der Waals surface area contributed by atoms with Gasteiger partial charge in [0.1, 0.15) is 5.82 Å². The Kier molecular flexibility index (Phi) is 6.34. The fraction of sp³-hybridized carbons (Fsp3) is 0.364. The Labute approximate surface area is 157 Å². The first-order chi connectivity index (χ1) is 13.0. The Morgan fingerprint density at radius 1 is 1.00 bits per heavy atom. The molecule has 1 saturated carbocycles. The molecule has 2 aromatic carbocycles. The number of nitrogens with two attached hydrogens (primary N) is 1. The summed E-state index contributed by atoms with van der Waals surface area (Å²) in [4.78, 5) is 0. The summed E-state index contributed by atoms with van der Waals surface area (Å²) in [5.74, 6) is -2.95. The third-order valence-electron chi connectivity index (χ3n) is 5.40. The van der Waals surface area contributed by atoms with Crippen LogP contribution in [-0.2, 0) is 10.2 Å². The van der Waals surface area contributed by atoms with Crippen molar-refractivity contribution in [3.8, 4) is 0 Å². The third-order valence-corrected chi connectivity index (χ3v) is 5.40. The number of halogens is 3. The van der Waals surface area contributed by atoms with Crippen LogP contribution in [0.2, 0.25) is 0 Å². The lowest BCUT2D eigenvalue weighted by Crippen LogP contribution is -2.41. The molecular weight excluding hydrogens is 351 g/mol. The minimum Gasteiger partial charge on any atom is -0.374 e. The summed E-state index contributed by atoms with van der Waals surface area (Å²) >= 11 is 0. The molecule has 144 valence electrons. The Hall–Kier alpha value is -2.11. The van der Waals surface area contributed by atoms with E-state index in [1.54, 1.807) is 0 Å². The van der Waals surface area contributed by atoms with Crippen LogP contribution in [0.3, 0.4) is 0 Å². The molecule has 0 radical (unpaired) electrons. The van der Waals surface area contributed by atoms with Crippen LogP contribution in [0.1, 0.15) is 36.8 Å². The Bertz CT molecular complexity index is 784. The van der Waals surface area contributed by atoms with Crippen molar-refractivity contribution in [1.29, 1.82) is 0 Å². The summed E-state index contributed by atoms with van der Waals surface area (Å²) in [6.07, 6.45) is 6.60. The highest BCUT2D eigenvalue weighted by molar-refractivity contribution is 5.48. The van der Waals surface area contributed by atoms with Gasteiger partial charge in [0, 0.05) is 18.0 Å². The molecule has 5 heteroatoms.